The summed E-state index contributed by atoms with van der Waals surface area (Å²) in [5.74, 6) is 0.413. The maximum absolute atomic E-state index is 13.4. The molecule has 0 spiro atoms. The van der Waals surface area contributed by atoms with E-state index in [1.54, 1.807) is 10.6 Å². The zero-order chi connectivity index (χ0) is 23.2. The van der Waals surface area contributed by atoms with Gasteiger partial charge < -0.3 is 4.90 Å². The summed E-state index contributed by atoms with van der Waals surface area (Å²) in [5, 5.41) is 1.90. The number of aromatic nitrogens is 2. The first-order chi connectivity index (χ1) is 16.6. The molecular weight excluding hydrogens is 446 g/mol. The number of nitrogens with zero attached hydrogens (tertiary/aromatic N) is 3. The molecule has 3 aromatic rings. The minimum absolute atomic E-state index is 0.0283. The summed E-state index contributed by atoms with van der Waals surface area (Å²) in [6.07, 6.45) is 7.29. The van der Waals surface area contributed by atoms with Crippen molar-refractivity contribution in [2.75, 3.05) is 19.6 Å². The van der Waals surface area contributed by atoms with E-state index in [2.05, 4.69) is 4.90 Å². The third-order valence-electron chi connectivity index (χ3n) is 7.90. The molecule has 7 heteroatoms. The highest BCUT2D eigenvalue weighted by atomic mass is 32.1. The van der Waals surface area contributed by atoms with Crippen molar-refractivity contribution in [3.8, 4) is 11.4 Å². The Balaban J connectivity index is 1.42. The minimum atomic E-state index is -0.197. The molecule has 3 aliphatic rings. The van der Waals surface area contributed by atoms with E-state index < -0.39 is 0 Å². The van der Waals surface area contributed by atoms with E-state index in [4.69, 9.17) is 4.98 Å². The zero-order valence-electron chi connectivity index (χ0n) is 19.3. The number of carbonyl (C=O) groups excluding carboxylic acids is 2. The van der Waals surface area contributed by atoms with Crippen LogP contribution in [0.4, 0.5) is 0 Å². The number of hydrogen-bond acceptors (Lipinski definition) is 6. The Morgan fingerprint density at radius 2 is 1.59 bits per heavy atom. The minimum Gasteiger partial charge on any atom is -0.302 e. The van der Waals surface area contributed by atoms with E-state index in [0.717, 1.165) is 50.9 Å². The van der Waals surface area contributed by atoms with Crippen LogP contribution in [-0.2, 0) is 6.54 Å². The Kier molecular flexibility index (Phi) is 5.70. The second kappa shape index (κ2) is 8.86. The molecule has 1 aliphatic heterocycles. The summed E-state index contributed by atoms with van der Waals surface area (Å²) in [7, 11) is 0. The maximum Gasteiger partial charge on any atom is 0.271 e. The highest BCUT2D eigenvalue weighted by Crippen LogP contribution is 2.40. The van der Waals surface area contributed by atoms with Crippen LogP contribution in [0.1, 0.15) is 65.7 Å². The molecule has 6 rings (SSSR count). The molecule has 0 N–H and O–H groups in total. The lowest BCUT2D eigenvalue weighted by molar-refractivity contribution is 0.0677. The highest BCUT2D eigenvalue weighted by Gasteiger charge is 2.42. The SMILES string of the molecule is O=C1c2ccc(-c3nc4ccsc4c(=O)n3CCN3CCCCC3)cc2C(=O)C2CCCCC12. The van der Waals surface area contributed by atoms with Crippen molar-refractivity contribution in [3.05, 3.63) is 51.1 Å². The van der Waals surface area contributed by atoms with Crippen LogP contribution >= 0.6 is 11.3 Å². The molecule has 0 amide bonds. The third kappa shape index (κ3) is 3.66. The molecule has 2 fully saturated rings. The third-order valence-corrected chi connectivity index (χ3v) is 8.79. The van der Waals surface area contributed by atoms with E-state index in [9.17, 15) is 14.4 Å². The summed E-state index contributed by atoms with van der Waals surface area (Å²) >= 11 is 1.42. The Labute approximate surface area is 202 Å². The summed E-state index contributed by atoms with van der Waals surface area (Å²) < 4.78 is 2.44. The number of rotatable bonds is 4. The average Bonchev–Trinajstić information content (AvgIpc) is 3.36. The smallest absolute Gasteiger partial charge is 0.271 e. The van der Waals surface area contributed by atoms with Gasteiger partial charge in [-0.2, -0.15) is 0 Å². The van der Waals surface area contributed by atoms with Crippen LogP contribution in [0.5, 0.6) is 0 Å². The summed E-state index contributed by atoms with van der Waals surface area (Å²) in [6, 6.07) is 7.34. The van der Waals surface area contributed by atoms with Crippen LogP contribution in [0, 0.1) is 11.8 Å². The second-order valence-corrected chi connectivity index (χ2v) is 10.8. The monoisotopic (exact) mass is 475 g/mol. The number of benzene rings is 1. The second-order valence-electron chi connectivity index (χ2n) is 9.92. The zero-order valence-corrected chi connectivity index (χ0v) is 20.1. The first kappa shape index (κ1) is 21.9. The molecule has 176 valence electrons. The highest BCUT2D eigenvalue weighted by molar-refractivity contribution is 7.17. The molecule has 1 saturated heterocycles. The van der Waals surface area contributed by atoms with Gasteiger partial charge in [0.1, 0.15) is 10.5 Å². The molecule has 34 heavy (non-hydrogen) atoms. The molecule has 1 aromatic carbocycles. The molecule has 2 aromatic heterocycles. The van der Waals surface area contributed by atoms with E-state index in [0.29, 0.717) is 33.7 Å². The molecule has 2 unspecified atom stereocenters. The van der Waals surface area contributed by atoms with Crippen molar-refractivity contribution in [1.29, 1.82) is 0 Å². The maximum atomic E-state index is 13.4. The lowest BCUT2D eigenvalue weighted by Gasteiger charge is -2.34. The van der Waals surface area contributed by atoms with Gasteiger partial charge in [0.25, 0.3) is 5.56 Å². The largest absolute Gasteiger partial charge is 0.302 e. The predicted octanol–water partition coefficient (Wildman–Crippen LogP) is 4.80. The number of Topliss-reactive ketones (excluding diaryl/α,β-unsaturated/α-hetero) is 2. The van der Waals surface area contributed by atoms with Gasteiger partial charge in [-0.3, -0.25) is 19.0 Å². The van der Waals surface area contributed by atoms with Crippen LogP contribution in [0.3, 0.4) is 0 Å². The quantitative estimate of drug-likeness (QED) is 0.542. The van der Waals surface area contributed by atoms with Gasteiger partial charge in [0.15, 0.2) is 11.6 Å². The van der Waals surface area contributed by atoms with E-state index in [1.807, 2.05) is 23.6 Å². The fourth-order valence-corrected chi connectivity index (χ4v) is 6.83. The first-order valence-electron chi connectivity index (χ1n) is 12.5. The van der Waals surface area contributed by atoms with Gasteiger partial charge in [-0.25, -0.2) is 4.98 Å². The van der Waals surface area contributed by atoms with Crippen molar-refractivity contribution in [2.24, 2.45) is 11.8 Å². The number of piperidine rings is 1. The lowest BCUT2D eigenvalue weighted by Crippen LogP contribution is -2.38. The van der Waals surface area contributed by atoms with Crippen molar-refractivity contribution in [3.63, 3.8) is 0 Å². The number of thiophene rings is 1. The molecular formula is C27H29N3O3S. The number of hydrogen-bond donors (Lipinski definition) is 0. The van der Waals surface area contributed by atoms with Gasteiger partial charge in [-0.1, -0.05) is 25.3 Å². The van der Waals surface area contributed by atoms with Gasteiger partial charge in [0.2, 0.25) is 0 Å². The van der Waals surface area contributed by atoms with E-state index in [1.165, 1.54) is 30.6 Å². The van der Waals surface area contributed by atoms with Crippen LogP contribution < -0.4 is 5.56 Å². The first-order valence-corrected chi connectivity index (χ1v) is 13.4. The van der Waals surface area contributed by atoms with E-state index in [-0.39, 0.29) is 29.0 Å². The Hall–Kier alpha value is -2.64. The molecule has 6 nitrogen and oxygen atoms in total. The van der Waals surface area contributed by atoms with Gasteiger partial charge in [0.05, 0.1) is 5.52 Å². The Morgan fingerprint density at radius 3 is 2.35 bits per heavy atom. The Morgan fingerprint density at radius 1 is 0.853 bits per heavy atom. The van der Waals surface area contributed by atoms with Gasteiger partial charge >= 0.3 is 0 Å². The number of likely N-dealkylation sites (tertiary alicyclic amines) is 1. The standard InChI is InChI=1S/C27H29N3O3S/c31-23-18-6-2-3-7-19(18)24(32)21-16-17(8-9-20(21)23)26-28-22-10-15-34-25(22)27(33)30(26)14-13-29-11-4-1-5-12-29/h8-10,15-16,18-19H,1-7,11-14H2. The van der Waals surface area contributed by atoms with Crippen LogP contribution in [-0.4, -0.2) is 45.7 Å². The normalized spacial score (nSPS) is 23.2. The van der Waals surface area contributed by atoms with Crippen molar-refractivity contribution < 1.29 is 9.59 Å². The molecule has 3 heterocycles. The van der Waals surface area contributed by atoms with Gasteiger partial charge in [-0.05, 0) is 62.4 Å². The van der Waals surface area contributed by atoms with Crippen LogP contribution in [0.15, 0.2) is 34.4 Å². The summed E-state index contributed by atoms with van der Waals surface area (Å²) in [5.41, 5.74) is 2.44. The average molecular weight is 476 g/mol. The summed E-state index contributed by atoms with van der Waals surface area (Å²) in [6.45, 7) is 3.49. The fraction of sp³-hybridized carbons (Fsp3) is 0.481. The molecule has 2 aliphatic carbocycles. The number of ketones is 2. The van der Waals surface area contributed by atoms with Crippen LogP contribution in [0.25, 0.3) is 21.6 Å². The van der Waals surface area contributed by atoms with Crippen molar-refractivity contribution >= 4 is 33.1 Å². The predicted molar refractivity (Wildman–Crippen MR) is 134 cm³/mol. The lowest BCUT2D eigenvalue weighted by atomic mass is 9.67. The molecule has 1 saturated carbocycles. The van der Waals surface area contributed by atoms with Gasteiger partial charge in [-0.15, -0.1) is 11.3 Å². The van der Waals surface area contributed by atoms with Gasteiger partial charge in [0, 0.05) is 41.6 Å². The van der Waals surface area contributed by atoms with Crippen LogP contribution in [0.2, 0.25) is 0 Å². The molecule has 2 atom stereocenters. The number of fused-ring (bicyclic) bond motifs is 3. The van der Waals surface area contributed by atoms with Crippen molar-refractivity contribution in [2.45, 2.75) is 51.5 Å². The molecule has 0 radical (unpaired) electrons. The van der Waals surface area contributed by atoms with Crippen molar-refractivity contribution in [1.82, 2.24) is 14.5 Å². The molecule has 0 bridgehead atoms. The Bertz CT molecular complexity index is 1330. The topological polar surface area (TPSA) is 72.3 Å². The summed E-state index contributed by atoms with van der Waals surface area (Å²) in [4.78, 5) is 47.3. The van der Waals surface area contributed by atoms with E-state index >= 15 is 0 Å². The fourth-order valence-electron chi connectivity index (χ4n) is 6.06. The number of carbonyl (C=O) groups is 2.